The summed E-state index contributed by atoms with van der Waals surface area (Å²) in [6.07, 6.45) is -3.83. The molecule has 3 heterocycles. The standard InChI is InChI=1S/C14H8ClF6N5O/c1-6(14(19,20)21)27-11-8(16)2-7(3-23-11)9-5-26-10(4-22-9)24-25-12(26)13(15,17)18/h2-6H,1H3. The van der Waals surface area contributed by atoms with E-state index in [0.29, 0.717) is 6.92 Å². The van der Waals surface area contributed by atoms with E-state index in [9.17, 15) is 26.3 Å². The Morgan fingerprint density at radius 3 is 2.41 bits per heavy atom. The Labute approximate surface area is 151 Å². The number of rotatable bonds is 4. The normalized spacial score (nSPS) is 13.8. The van der Waals surface area contributed by atoms with Gasteiger partial charge in [-0.05, 0) is 24.6 Å². The maximum atomic E-state index is 14.1. The molecule has 0 amide bonds. The second-order valence-electron chi connectivity index (χ2n) is 5.33. The molecule has 0 spiro atoms. The van der Waals surface area contributed by atoms with Gasteiger partial charge in [-0.3, -0.25) is 9.38 Å². The second kappa shape index (κ2) is 6.51. The van der Waals surface area contributed by atoms with Gasteiger partial charge in [0.2, 0.25) is 5.82 Å². The first kappa shape index (κ1) is 19.1. The SMILES string of the molecule is CC(Oc1ncc(-c2cn3c(C(F)(F)Cl)nnc3cn2)cc1F)C(F)(F)F. The van der Waals surface area contributed by atoms with Crippen LogP contribution in [0.5, 0.6) is 5.88 Å². The molecule has 1 atom stereocenters. The summed E-state index contributed by atoms with van der Waals surface area (Å²) in [5.41, 5.74) is -0.0632. The minimum atomic E-state index is -4.70. The summed E-state index contributed by atoms with van der Waals surface area (Å²) in [7, 11) is 0. The Morgan fingerprint density at radius 1 is 1.11 bits per heavy atom. The van der Waals surface area contributed by atoms with E-state index in [1.54, 1.807) is 0 Å². The molecule has 0 bridgehead atoms. The molecule has 144 valence electrons. The first-order valence-corrected chi connectivity index (χ1v) is 7.52. The van der Waals surface area contributed by atoms with Gasteiger partial charge in [0.05, 0.1) is 11.9 Å². The third-order valence-electron chi connectivity index (χ3n) is 3.40. The number of fused-ring (bicyclic) bond motifs is 1. The summed E-state index contributed by atoms with van der Waals surface area (Å²) >= 11 is 4.95. The van der Waals surface area contributed by atoms with Crippen LogP contribution in [0.25, 0.3) is 16.9 Å². The molecule has 0 saturated carbocycles. The van der Waals surface area contributed by atoms with Crippen LogP contribution in [0.1, 0.15) is 12.7 Å². The second-order valence-corrected chi connectivity index (χ2v) is 5.81. The Balaban J connectivity index is 1.96. The first-order chi connectivity index (χ1) is 12.5. The zero-order valence-electron chi connectivity index (χ0n) is 13.2. The van der Waals surface area contributed by atoms with Gasteiger partial charge in [0, 0.05) is 18.0 Å². The number of hydrogen-bond acceptors (Lipinski definition) is 5. The highest BCUT2D eigenvalue weighted by Crippen LogP contribution is 2.32. The quantitative estimate of drug-likeness (QED) is 0.480. The molecular weight excluding hydrogens is 404 g/mol. The van der Waals surface area contributed by atoms with E-state index in [2.05, 4.69) is 24.9 Å². The summed E-state index contributed by atoms with van der Waals surface area (Å²) in [6, 6.07) is 0.808. The van der Waals surface area contributed by atoms with Gasteiger partial charge in [-0.15, -0.1) is 10.2 Å². The Morgan fingerprint density at radius 2 is 1.81 bits per heavy atom. The molecule has 0 N–H and O–H groups in total. The maximum absolute atomic E-state index is 14.1. The van der Waals surface area contributed by atoms with Crippen LogP contribution in [0, 0.1) is 5.82 Å². The highest BCUT2D eigenvalue weighted by molar-refractivity contribution is 6.21. The van der Waals surface area contributed by atoms with E-state index in [0.717, 1.165) is 29.1 Å². The fourth-order valence-corrected chi connectivity index (χ4v) is 2.16. The lowest BCUT2D eigenvalue weighted by Gasteiger charge is -2.17. The van der Waals surface area contributed by atoms with Gasteiger partial charge in [-0.1, -0.05) is 0 Å². The van der Waals surface area contributed by atoms with Crippen molar-refractivity contribution in [2.45, 2.75) is 24.6 Å². The van der Waals surface area contributed by atoms with Gasteiger partial charge >= 0.3 is 11.6 Å². The summed E-state index contributed by atoms with van der Waals surface area (Å²) in [6.45, 7) is 0.699. The van der Waals surface area contributed by atoms with E-state index in [4.69, 9.17) is 11.6 Å². The minimum absolute atomic E-state index is 0.000972. The zero-order valence-corrected chi connectivity index (χ0v) is 13.9. The number of hydrogen-bond donors (Lipinski definition) is 0. The third-order valence-corrected chi connectivity index (χ3v) is 3.57. The fraction of sp³-hybridized carbons (Fsp3) is 0.286. The Kier molecular flexibility index (Phi) is 4.62. The van der Waals surface area contributed by atoms with E-state index in [1.165, 1.54) is 0 Å². The Bertz CT molecular complexity index is 986. The van der Waals surface area contributed by atoms with Crippen molar-refractivity contribution in [3.05, 3.63) is 36.3 Å². The number of alkyl halides is 6. The van der Waals surface area contributed by atoms with Crippen molar-refractivity contribution in [2.24, 2.45) is 0 Å². The average Bonchev–Trinajstić information content (AvgIpc) is 2.99. The van der Waals surface area contributed by atoms with Crippen molar-refractivity contribution < 1.29 is 31.1 Å². The molecule has 0 radical (unpaired) electrons. The van der Waals surface area contributed by atoms with Crippen molar-refractivity contribution in [2.75, 3.05) is 0 Å². The molecule has 3 aromatic rings. The molecule has 13 heteroatoms. The monoisotopic (exact) mass is 411 g/mol. The minimum Gasteiger partial charge on any atom is -0.463 e. The van der Waals surface area contributed by atoms with Crippen LogP contribution in [-0.4, -0.2) is 36.8 Å². The van der Waals surface area contributed by atoms with Gasteiger partial charge in [0.1, 0.15) is 0 Å². The van der Waals surface area contributed by atoms with Crippen molar-refractivity contribution in [3.63, 3.8) is 0 Å². The largest absolute Gasteiger partial charge is 0.463 e. The van der Waals surface area contributed by atoms with Crippen LogP contribution >= 0.6 is 11.6 Å². The van der Waals surface area contributed by atoms with Gasteiger partial charge in [-0.2, -0.15) is 22.0 Å². The van der Waals surface area contributed by atoms with Gasteiger partial charge in [0.15, 0.2) is 17.6 Å². The van der Waals surface area contributed by atoms with Crippen molar-refractivity contribution in [1.82, 2.24) is 24.6 Å². The van der Waals surface area contributed by atoms with Crippen molar-refractivity contribution in [3.8, 4) is 17.1 Å². The summed E-state index contributed by atoms with van der Waals surface area (Å²) in [4.78, 5) is 7.40. The lowest BCUT2D eigenvalue weighted by atomic mass is 10.2. The molecule has 6 nitrogen and oxygen atoms in total. The topological polar surface area (TPSA) is 65.2 Å². The summed E-state index contributed by atoms with van der Waals surface area (Å²) in [5.74, 6) is -2.92. The fourth-order valence-electron chi connectivity index (χ4n) is 2.03. The molecule has 3 aromatic heterocycles. The maximum Gasteiger partial charge on any atom is 0.425 e. The number of ether oxygens (including phenoxy) is 1. The number of pyridine rings is 1. The lowest BCUT2D eigenvalue weighted by Crippen LogP contribution is -2.31. The predicted molar refractivity (Wildman–Crippen MR) is 79.9 cm³/mol. The zero-order chi connectivity index (χ0) is 20.0. The molecule has 0 aliphatic carbocycles. The molecular formula is C14H8ClF6N5O. The number of nitrogens with zero attached hydrogens (tertiary/aromatic N) is 5. The molecule has 3 rings (SSSR count). The van der Waals surface area contributed by atoms with E-state index in [-0.39, 0.29) is 16.9 Å². The van der Waals surface area contributed by atoms with E-state index < -0.39 is 35.2 Å². The highest BCUT2D eigenvalue weighted by Gasteiger charge is 2.39. The molecule has 0 aliphatic rings. The average molecular weight is 412 g/mol. The van der Waals surface area contributed by atoms with Crippen molar-refractivity contribution >= 4 is 17.2 Å². The van der Waals surface area contributed by atoms with Crippen LogP contribution in [0.15, 0.2) is 24.7 Å². The van der Waals surface area contributed by atoms with E-state index in [1.807, 2.05) is 0 Å². The van der Waals surface area contributed by atoms with Crippen LogP contribution < -0.4 is 4.74 Å². The van der Waals surface area contributed by atoms with E-state index >= 15 is 0 Å². The van der Waals surface area contributed by atoms with Gasteiger partial charge < -0.3 is 4.74 Å². The molecule has 1 unspecified atom stereocenters. The van der Waals surface area contributed by atoms with Gasteiger partial charge in [-0.25, -0.2) is 9.37 Å². The molecule has 0 fully saturated rings. The molecule has 27 heavy (non-hydrogen) atoms. The molecule has 0 saturated heterocycles. The highest BCUT2D eigenvalue weighted by atomic mass is 35.5. The third kappa shape index (κ3) is 3.89. The Hall–Kier alpha value is -2.63. The summed E-state index contributed by atoms with van der Waals surface area (Å²) < 4.78 is 83.5. The van der Waals surface area contributed by atoms with Crippen molar-refractivity contribution in [1.29, 1.82) is 0 Å². The number of halogens is 7. The van der Waals surface area contributed by atoms with Gasteiger partial charge in [0.25, 0.3) is 5.88 Å². The smallest absolute Gasteiger partial charge is 0.425 e. The van der Waals surface area contributed by atoms with Crippen LogP contribution in [0.2, 0.25) is 0 Å². The predicted octanol–water partition coefficient (Wildman–Crippen LogP) is 3.94. The molecule has 0 aliphatic heterocycles. The molecule has 0 aromatic carbocycles. The van der Waals surface area contributed by atoms with Crippen LogP contribution in [0.4, 0.5) is 26.3 Å². The van der Waals surface area contributed by atoms with Crippen LogP contribution in [0.3, 0.4) is 0 Å². The number of aromatic nitrogens is 5. The first-order valence-electron chi connectivity index (χ1n) is 7.14. The lowest BCUT2D eigenvalue weighted by molar-refractivity contribution is -0.190. The van der Waals surface area contributed by atoms with Crippen LogP contribution in [-0.2, 0) is 5.38 Å². The summed E-state index contributed by atoms with van der Waals surface area (Å²) in [5, 5.41) is 2.93.